The van der Waals surface area contributed by atoms with Crippen LogP contribution in [0.1, 0.15) is 80.0 Å². The smallest absolute Gasteiger partial charge is 0.338 e. The number of allylic oxidation sites excluding steroid dienone is 1. The summed E-state index contributed by atoms with van der Waals surface area (Å²) in [7, 11) is 0. The summed E-state index contributed by atoms with van der Waals surface area (Å²) >= 11 is 0. The summed E-state index contributed by atoms with van der Waals surface area (Å²) in [5, 5.41) is 21.9. The number of nitrogens with zero attached hydrogens (tertiary/aromatic N) is 2. The van der Waals surface area contributed by atoms with Crippen molar-refractivity contribution in [2.75, 3.05) is 6.61 Å². The Labute approximate surface area is 254 Å². The van der Waals surface area contributed by atoms with E-state index in [0.717, 1.165) is 32.1 Å². The maximum atomic E-state index is 13.1. The summed E-state index contributed by atoms with van der Waals surface area (Å²) < 4.78 is 18.5. The topological polar surface area (TPSA) is 148 Å². The maximum absolute atomic E-state index is 13.1. The molecule has 11 heteroatoms. The van der Waals surface area contributed by atoms with Gasteiger partial charge in [-0.2, -0.15) is 0 Å². The summed E-state index contributed by atoms with van der Waals surface area (Å²) in [5.74, 6) is -0.367. The van der Waals surface area contributed by atoms with E-state index in [1.807, 2.05) is 6.92 Å². The SMILES string of the molecule is C[C@]12CC[C@@H](OC(=O)c3ccc([N+](=O)[O-])cc3)CC1=CC[C@H]1[C@H]3OC[C@](C)(OC(=O)c4ccc([N+](=O)[O-])cc4)[C@@]3(C)CC[C@@H]12. The number of carbonyl (C=O) groups is 2. The summed E-state index contributed by atoms with van der Waals surface area (Å²) in [6.45, 7) is 6.69. The first-order chi connectivity index (χ1) is 20.8. The molecule has 232 valence electrons. The minimum Gasteiger partial charge on any atom is -0.458 e. The lowest BCUT2D eigenvalue weighted by atomic mass is 9.48. The Morgan fingerprint density at radius 2 is 1.45 bits per heavy atom. The molecule has 4 aliphatic rings. The van der Waals surface area contributed by atoms with Crippen molar-refractivity contribution in [1.82, 2.24) is 0 Å². The number of hydrogen-bond donors (Lipinski definition) is 0. The number of hydrogen-bond acceptors (Lipinski definition) is 9. The standard InChI is InChI=1S/C33H36N2O9/c1-31-16-14-25(43-29(36)20-4-9-23(10-5-20)34(38)39)18-22(31)8-13-26-27(31)15-17-32(2)28(26)42-19-33(32,3)44-30(37)21-6-11-24(12-7-21)35(40)41/h4-12,25-28H,13-19H2,1-3H3/t25-,26-,27+,28-,31+,32+,33+/m1/s1. The van der Waals surface area contributed by atoms with E-state index in [9.17, 15) is 29.8 Å². The van der Waals surface area contributed by atoms with Crippen molar-refractivity contribution >= 4 is 23.3 Å². The molecule has 2 aromatic carbocycles. The van der Waals surface area contributed by atoms with Crippen LogP contribution in [-0.4, -0.2) is 46.2 Å². The number of carbonyl (C=O) groups excluding carboxylic acids is 2. The van der Waals surface area contributed by atoms with Crippen LogP contribution in [0.3, 0.4) is 0 Å². The predicted octanol–water partition coefficient (Wildman–Crippen LogP) is 6.60. The van der Waals surface area contributed by atoms with Crippen LogP contribution >= 0.6 is 0 Å². The normalized spacial score (nSPS) is 34.0. The molecule has 6 rings (SSSR count). The maximum Gasteiger partial charge on any atom is 0.338 e. The Balaban J connectivity index is 1.14. The molecule has 1 heterocycles. The fraction of sp³-hybridized carbons (Fsp3) is 0.515. The highest BCUT2D eigenvalue weighted by Gasteiger charge is 2.65. The van der Waals surface area contributed by atoms with Gasteiger partial charge >= 0.3 is 11.9 Å². The van der Waals surface area contributed by atoms with Crippen molar-refractivity contribution in [1.29, 1.82) is 0 Å². The lowest BCUT2D eigenvalue weighted by molar-refractivity contribution is -0.385. The number of ether oxygens (including phenoxy) is 3. The van der Waals surface area contributed by atoms with Crippen molar-refractivity contribution in [2.45, 2.75) is 77.1 Å². The molecule has 2 saturated carbocycles. The van der Waals surface area contributed by atoms with Gasteiger partial charge < -0.3 is 14.2 Å². The van der Waals surface area contributed by atoms with Crippen molar-refractivity contribution in [2.24, 2.45) is 22.7 Å². The van der Waals surface area contributed by atoms with Crippen molar-refractivity contribution in [3.63, 3.8) is 0 Å². The first-order valence-electron chi connectivity index (χ1n) is 15.1. The zero-order chi connectivity index (χ0) is 31.4. The van der Waals surface area contributed by atoms with Gasteiger partial charge in [-0.15, -0.1) is 0 Å². The van der Waals surface area contributed by atoms with Gasteiger partial charge in [0.05, 0.1) is 33.7 Å². The molecule has 0 radical (unpaired) electrons. The molecule has 3 fully saturated rings. The zero-order valence-corrected chi connectivity index (χ0v) is 25.0. The molecule has 7 atom stereocenters. The van der Waals surface area contributed by atoms with Gasteiger partial charge in [0, 0.05) is 36.1 Å². The summed E-state index contributed by atoms with van der Waals surface area (Å²) in [4.78, 5) is 46.9. The molecule has 11 nitrogen and oxygen atoms in total. The molecule has 0 spiro atoms. The van der Waals surface area contributed by atoms with Crippen LogP contribution in [0.5, 0.6) is 0 Å². The minimum atomic E-state index is -0.851. The fourth-order valence-electron chi connectivity index (χ4n) is 8.25. The third kappa shape index (κ3) is 4.87. The van der Waals surface area contributed by atoms with Crippen molar-refractivity contribution < 1.29 is 33.6 Å². The second-order valence-corrected chi connectivity index (χ2v) is 13.3. The monoisotopic (exact) mass is 604 g/mol. The van der Waals surface area contributed by atoms with Crippen LogP contribution in [0, 0.1) is 42.9 Å². The average molecular weight is 605 g/mol. The molecule has 0 amide bonds. The molecule has 3 aliphatic carbocycles. The van der Waals surface area contributed by atoms with Gasteiger partial charge in [0.2, 0.25) is 0 Å². The summed E-state index contributed by atoms with van der Waals surface area (Å²) in [6, 6.07) is 10.9. The van der Waals surface area contributed by atoms with Gasteiger partial charge in [0.1, 0.15) is 11.7 Å². The highest BCUT2D eigenvalue weighted by molar-refractivity contribution is 5.90. The molecule has 0 bridgehead atoms. The van der Waals surface area contributed by atoms with E-state index in [1.165, 1.54) is 54.1 Å². The Kier molecular flexibility index (Phi) is 7.34. The summed E-state index contributed by atoms with van der Waals surface area (Å²) in [5.41, 5.74) is 0.399. The lowest BCUT2D eigenvalue weighted by Crippen LogP contribution is -2.57. The number of nitro groups is 2. The molecular formula is C33H36N2O9. The van der Waals surface area contributed by atoms with E-state index in [1.54, 1.807) is 0 Å². The van der Waals surface area contributed by atoms with E-state index >= 15 is 0 Å². The van der Waals surface area contributed by atoms with Crippen molar-refractivity contribution in [3.8, 4) is 0 Å². The van der Waals surface area contributed by atoms with E-state index in [2.05, 4.69) is 19.9 Å². The highest BCUT2D eigenvalue weighted by Crippen LogP contribution is 2.64. The quantitative estimate of drug-likeness (QED) is 0.154. The Morgan fingerprint density at radius 3 is 2.05 bits per heavy atom. The Bertz CT molecular complexity index is 1540. The number of non-ortho nitro benzene ring substituents is 2. The van der Waals surface area contributed by atoms with Crippen LogP contribution in [0.4, 0.5) is 11.4 Å². The number of benzene rings is 2. The van der Waals surface area contributed by atoms with E-state index in [0.29, 0.717) is 17.9 Å². The van der Waals surface area contributed by atoms with Crippen LogP contribution in [0.2, 0.25) is 0 Å². The van der Waals surface area contributed by atoms with Gasteiger partial charge in [-0.3, -0.25) is 20.2 Å². The van der Waals surface area contributed by atoms with Gasteiger partial charge in [-0.25, -0.2) is 9.59 Å². The second kappa shape index (κ2) is 10.8. The van der Waals surface area contributed by atoms with Crippen LogP contribution in [0.25, 0.3) is 0 Å². The average Bonchev–Trinajstić information content (AvgIpc) is 3.27. The Morgan fingerprint density at radius 1 is 0.864 bits per heavy atom. The molecule has 1 saturated heterocycles. The third-order valence-electron chi connectivity index (χ3n) is 11.1. The molecule has 44 heavy (non-hydrogen) atoms. The third-order valence-corrected chi connectivity index (χ3v) is 11.1. The molecule has 0 unspecified atom stereocenters. The number of esters is 2. The first-order valence-corrected chi connectivity index (χ1v) is 15.1. The molecule has 1 aliphatic heterocycles. The van der Waals surface area contributed by atoms with E-state index in [4.69, 9.17) is 14.2 Å². The summed E-state index contributed by atoms with van der Waals surface area (Å²) in [6.07, 6.45) is 6.79. The highest BCUT2D eigenvalue weighted by atomic mass is 16.6. The van der Waals surface area contributed by atoms with Crippen LogP contribution < -0.4 is 0 Å². The van der Waals surface area contributed by atoms with Crippen LogP contribution in [0.15, 0.2) is 60.2 Å². The second-order valence-electron chi connectivity index (χ2n) is 13.3. The van der Waals surface area contributed by atoms with Crippen LogP contribution in [-0.2, 0) is 14.2 Å². The molecule has 2 aromatic rings. The zero-order valence-electron chi connectivity index (χ0n) is 25.0. The van der Waals surface area contributed by atoms with Crippen molar-refractivity contribution in [3.05, 3.63) is 91.5 Å². The number of fused-ring (bicyclic) bond motifs is 5. The first kappa shape index (κ1) is 29.9. The van der Waals surface area contributed by atoms with E-state index in [-0.39, 0.29) is 47.1 Å². The molecule has 0 N–H and O–H groups in total. The minimum absolute atomic E-state index is 0.0572. The Hall–Kier alpha value is -4.12. The van der Waals surface area contributed by atoms with Gasteiger partial charge in [-0.05, 0) is 80.5 Å². The van der Waals surface area contributed by atoms with Gasteiger partial charge in [-0.1, -0.05) is 25.5 Å². The largest absolute Gasteiger partial charge is 0.458 e. The molecule has 0 aromatic heterocycles. The lowest BCUT2D eigenvalue weighted by Gasteiger charge is -2.57. The van der Waals surface area contributed by atoms with E-state index < -0.39 is 32.8 Å². The number of nitro benzene ring substituents is 2. The van der Waals surface area contributed by atoms with Gasteiger partial charge in [0.15, 0.2) is 0 Å². The number of rotatable bonds is 6. The van der Waals surface area contributed by atoms with Gasteiger partial charge in [0.25, 0.3) is 11.4 Å². The molecular weight excluding hydrogens is 568 g/mol. The fourth-order valence-corrected chi connectivity index (χ4v) is 8.25. The predicted molar refractivity (Wildman–Crippen MR) is 158 cm³/mol.